The lowest BCUT2D eigenvalue weighted by atomic mass is 10.1. The predicted molar refractivity (Wildman–Crippen MR) is 159 cm³/mol. The molecule has 0 amide bonds. The van der Waals surface area contributed by atoms with Crippen molar-refractivity contribution in [1.29, 1.82) is 0 Å². The number of ether oxygens (including phenoxy) is 2. The highest BCUT2D eigenvalue weighted by molar-refractivity contribution is 7.47. The van der Waals surface area contributed by atoms with Crippen molar-refractivity contribution in [3.05, 3.63) is 0 Å². The number of hydrogen-bond acceptors (Lipinski definition) is 9. The van der Waals surface area contributed by atoms with Crippen LogP contribution >= 0.6 is 7.82 Å². The van der Waals surface area contributed by atoms with Crippen molar-refractivity contribution >= 4 is 19.8 Å². The summed E-state index contributed by atoms with van der Waals surface area (Å²) in [6.45, 7) is 2.12. The monoisotopic (exact) mass is 610 g/mol. The molecule has 3 N–H and O–H groups in total. The van der Waals surface area contributed by atoms with Gasteiger partial charge in [0.25, 0.3) is 0 Å². The highest BCUT2D eigenvalue weighted by atomic mass is 31.2. The number of carbonyl (C=O) groups excluding carboxylic acids is 2. The van der Waals surface area contributed by atoms with Crippen LogP contribution in [-0.2, 0) is 32.7 Å². The first-order valence-electron chi connectivity index (χ1n) is 16.0. The van der Waals surface area contributed by atoms with Gasteiger partial charge in [-0.05, 0) is 12.8 Å². The van der Waals surface area contributed by atoms with E-state index in [1.807, 2.05) is 0 Å². The molecule has 0 rings (SSSR count). The number of phosphoric acid groups is 1. The first-order chi connectivity index (χ1) is 19.8. The molecule has 0 aromatic heterocycles. The van der Waals surface area contributed by atoms with Crippen LogP contribution in [0.2, 0.25) is 0 Å². The van der Waals surface area contributed by atoms with Gasteiger partial charge in [-0.15, -0.1) is 0 Å². The van der Waals surface area contributed by atoms with Crippen molar-refractivity contribution in [3.8, 4) is 0 Å². The van der Waals surface area contributed by atoms with Crippen LogP contribution in [0.3, 0.4) is 0 Å². The van der Waals surface area contributed by atoms with Crippen molar-refractivity contribution < 1.29 is 47.8 Å². The molecule has 11 heteroatoms. The summed E-state index contributed by atoms with van der Waals surface area (Å²) in [5, 5.41) is 18.9. The van der Waals surface area contributed by atoms with Crippen molar-refractivity contribution in [1.82, 2.24) is 0 Å². The minimum atomic E-state index is -4.61. The van der Waals surface area contributed by atoms with Gasteiger partial charge in [-0.1, -0.05) is 117 Å². The van der Waals surface area contributed by atoms with E-state index in [2.05, 4.69) is 13.8 Å². The molecule has 10 nitrogen and oxygen atoms in total. The smallest absolute Gasteiger partial charge is 0.457 e. The zero-order valence-electron chi connectivity index (χ0n) is 25.8. The average molecular weight is 611 g/mol. The van der Waals surface area contributed by atoms with E-state index in [0.717, 1.165) is 38.5 Å². The molecule has 244 valence electrons. The molecular weight excluding hydrogens is 551 g/mol. The van der Waals surface area contributed by atoms with E-state index < -0.39 is 58.4 Å². The number of hydrogen-bond donors (Lipinski definition) is 3. The zero-order chi connectivity index (χ0) is 30.6. The largest absolute Gasteiger partial charge is 0.472 e. The summed E-state index contributed by atoms with van der Waals surface area (Å²) in [6.07, 6.45) is 18.2. The van der Waals surface area contributed by atoms with Gasteiger partial charge in [-0.3, -0.25) is 18.6 Å². The lowest BCUT2D eigenvalue weighted by molar-refractivity contribution is -0.153. The van der Waals surface area contributed by atoms with E-state index in [4.69, 9.17) is 18.5 Å². The van der Waals surface area contributed by atoms with Gasteiger partial charge >= 0.3 is 19.8 Å². The number of rotatable bonds is 30. The minimum Gasteiger partial charge on any atom is -0.457 e. The van der Waals surface area contributed by atoms with E-state index in [9.17, 15) is 29.3 Å². The molecule has 3 unspecified atom stereocenters. The first-order valence-corrected chi connectivity index (χ1v) is 17.5. The Balaban J connectivity index is 4.07. The minimum absolute atomic E-state index is 0.196. The molecule has 0 spiro atoms. The molecular formula is C30H59O10P. The fraction of sp³-hybridized carbons (Fsp3) is 0.933. The topological polar surface area (TPSA) is 149 Å². The normalized spacial score (nSPS) is 14.4. The lowest BCUT2D eigenvalue weighted by Gasteiger charge is -2.20. The quantitative estimate of drug-likeness (QED) is 0.0452. The maximum absolute atomic E-state index is 12.2. The third-order valence-corrected chi connectivity index (χ3v) is 7.77. The van der Waals surface area contributed by atoms with Crippen molar-refractivity contribution in [2.24, 2.45) is 0 Å². The van der Waals surface area contributed by atoms with Gasteiger partial charge in [-0.25, -0.2) is 4.57 Å². The number of aliphatic hydroxyl groups excluding tert-OH is 2. The van der Waals surface area contributed by atoms with Crippen LogP contribution in [0.25, 0.3) is 0 Å². The molecule has 0 aliphatic heterocycles. The van der Waals surface area contributed by atoms with Crippen molar-refractivity contribution in [2.75, 3.05) is 26.4 Å². The second kappa shape index (κ2) is 27.8. The molecule has 0 bridgehead atoms. The van der Waals surface area contributed by atoms with Gasteiger partial charge < -0.3 is 24.6 Å². The summed E-state index contributed by atoms with van der Waals surface area (Å²) in [6, 6.07) is 0. The zero-order valence-corrected chi connectivity index (χ0v) is 26.7. The van der Waals surface area contributed by atoms with E-state index in [1.165, 1.54) is 64.2 Å². The Bertz CT molecular complexity index is 676. The van der Waals surface area contributed by atoms with Crippen LogP contribution < -0.4 is 0 Å². The van der Waals surface area contributed by atoms with E-state index in [-0.39, 0.29) is 12.8 Å². The van der Waals surface area contributed by atoms with Gasteiger partial charge in [0.1, 0.15) is 12.2 Å². The SMILES string of the molecule is CCCCCCCCCCCCC(=O)OC(CO)COP(=O)(O)OCC(CO)OC(=O)CCCCCCCCCC. The van der Waals surface area contributed by atoms with Crippen LogP contribution in [0.15, 0.2) is 0 Å². The summed E-state index contributed by atoms with van der Waals surface area (Å²) in [4.78, 5) is 34.0. The standard InChI is InChI=1S/C30H59O10P/c1-3-5-7-9-11-13-14-16-18-20-22-30(34)40-28(24-32)26-38-41(35,36)37-25-27(23-31)39-29(33)21-19-17-15-12-10-8-6-4-2/h27-28,31-32H,3-26H2,1-2H3,(H,35,36). The molecule has 3 atom stereocenters. The summed E-state index contributed by atoms with van der Waals surface area (Å²) < 4.78 is 32.2. The molecule has 0 aliphatic rings. The molecule has 0 saturated carbocycles. The highest BCUT2D eigenvalue weighted by Gasteiger charge is 2.27. The van der Waals surface area contributed by atoms with Crippen LogP contribution in [0.5, 0.6) is 0 Å². The number of unbranched alkanes of at least 4 members (excludes halogenated alkanes) is 16. The van der Waals surface area contributed by atoms with E-state index in [1.54, 1.807) is 0 Å². The van der Waals surface area contributed by atoms with Gasteiger partial charge in [0.2, 0.25) is 0 Å². The Hall–Kier alpha value is -1.03. The van der Waals surface area contributed by atoms with Crippen LogP contribution in [0, 0.1) is 0 Å². The van der Waals surface area contributed by atoms with Gasteiger partial charge in [0, 0.05) is 12.8 Å². The molecule has 0 aromatic rings. The van der Waals surface area contributed by atoms with Crippen LogP contribution in [0.4, 0.5) is 0 Å². The predicted octanol–water partition coefficient (Wildman–Crippen LogP) is 6.77. The Morgan fingerprint density at radius 2 is 0.854 bits per heavy atom. The number of esters is 2. The van der Waals surface area contributed by atoms with Gasteiger partial charge in [0.05, 0.1) is 26.4 Å². The summed E-state index contributed by atoms with van der Waals surface area (Å²) in [7, 11) is -4.61. The molecule has 41 heavy (non-hydrogen) atoms. The number of carbonyl (C=O) groups is 2. The molecule has 0 fully saturated rings. The van der Waals surface area contributed by atoms with Crippen LogP contribution in [0.1, 0.15) is 142 Å². The van der Waals surface area contributed by atoms with Gasteiger partial charge in [0.15, 0.2) is 0 Å². The first kappa shape index (κ1) is 40.0. The second-order valence-electron chi connectivity index (χ2n) is 10.8. The molecule has 0 aromatic carbocycles. The molecule has 0 aliphatic carbocycles. The molecule has 0 radical (unpaired) electrons. The van der Waals surface area contributed by atoms with Crippen LogP contribution in [-0.4, -0.2) is 65.7 Å². The average Bonchev–Trinajstić information content (AvgIpc) is 2.95. The lowest BCUT2D eigenvalue weighted by Crippen LogP contribution is -2.28. The Labute approximate surface area is 248 Å². The highest BCUT2D eigenvalue weighted by Crippen LogP contribution is 2.43. The van der Waals surface area contributed by atoms with Gasteiger partial charge in [-0.2, -0.15) is 0 Å². The summed E-state index contributed by atoms with van der Waals surface area (Å²) >= 11 is 0. The Morgan fingerprint density at radius 1 is 0.561 bits per heavy atom. The number of phosphoric ester groups is 1. The fourth-order valence-electron chi connectivity index (χ4n) is 4.29. The molecule has 0 saturated heterocycles. The fourth-order valence-corrected chi connectivity index (χ4v) is 5.07. The maximum Gasteiger partial charge on any atom is 0.472 e. The van der Waals surface area contributed by atoms with Crippen molar-refractivity contribution in [2.45, 2.75) is 154 Å². The second-order valence-corrected chi connectivity index (χ2v) is 12.3. The summed E-state index contributed by atoms with van der Waals surface area (Å²) in [5.41, 5.74) is 0. The maximum atomic E-state index is 12.2. The Kier molecular flexibility index (Phi) is 27.1. The van der Waals surface area contributed by atoms with Crippen molar-refractivity contribution in [3.63, 3.8) is 0 Å². The number of aliphatic hydroxyl groups is 2. The third kappa shape index (κ3) is 26.3. The Morgan fingerprint density at radius 3 is 1.15 bits per heavy atom. The third-order valence-electron chi connectivity index (χ3n) is 6.82. The van der Waals surface area contributed by atoms with E-state index >= 15 is 0 Å². The summed E-state index contributed by atoms with van der Waals surface area (Å²) in [5.74, 6) is -1.02. The molecule has 0 heterocycles. The van der Waals surface area contributed by atoms with E-state index in [0.29, 0.717) is 12.8 Å².